The summed E-state index contributed by atoms with van der Waals surface area (Å²) in [7, 11) is 0. The van der Waals surface area contributed by atoms with Gasteiger partial charge in [0.05, 0.1) is 6.61 Å². The number of carbonyl (C=O) groups is 1. The largest absolute Gasteiger partial charge is 0.494 e. The smallest absolute Gasteiger partial charge is 0.314 e. The van der Waals surface area contributed by atoms with Gasteiger partial charge < -0.3 is 15.4 Å². The highest BCUT2D eigenvalue weighted by atomic mass is 35.5. The highest BCUT2D eigenvalue weighted by Gasteiger charge is 1.98. The van der Waals surface area contributed by atoms with E-state index in [4.69, 9.17) is 16.3 Å². The number of benzene rings is 1. The molecule has 0 saturated heterocycles. The zero-order chi connectivity index (χ0) is 13.9. The van der Waals surface area contributed by atoms with Gasteiger partial charge in [-0.2, -0.15) is 0 Å². The maximum atomic E-state index is 11.3. The summed E-state index contributed by atoms with van der Waals surface area (Å²) in [4.78, 5) is 11.3. The van der Waals surface area contributed by atoms with Gasteiger partial charge in [0.25, 0.3) is 0 Å². The Morgan fingerprint density at radius 2 is 1.79 bits per heavy atom. The highest BCUT2D eigenvalue weighted by Crippen LogP contribution is 2.11. The Balaban J connectivity index is 2.01. The maximum absolute atomic E-state index is 11.3. The summed E-state index contributed by atoms with van der Waals surface area (Å²) < 4.78 is 5.55. The maximum Gasteiger partial charge on any atom is 0.314 e. The second-order valence-electron chi connectivity index (χ2n) is 4.24. The molecule has 1 aromatic carbocycles. The number of ether oxygens (including phenoxy) is 1. The Kier molecular flexibility index (Phi) is 7.82. The van der Waals surface area contributed by atoms with Crippen molar-refractivity contribution < 1.29 is 9.53 Å². The number of halogens is 1. The molecule has 0 heterocycles. The normalized spacial score (nSPS) is 10.0. The number of rotatable bonds is 8. The lowest BCUT2D eigenvalue weighted by Gasteiger charge is -2.08. The molecule has 0 aliphatic rings. The average Bonchev–Trinajstić information content (AvgIpc) is 2.41. The minimum absolute atomic E-state index is 0.152. The lowest BCUT2D eigenvalue weighted by molar-refractivity contribution is 0.239. The Labute approximate surface area is 119 Å². The van der Waals surface area contributed by atoms with E-state index in [2.05, 4.69) is 10.6 Å². The van der Waals surface area contributed by atoms with Crippen molar-refractivity contribution in [3.63, 3.8) is 0 Å². The summed E-state index contributed by atoms with van der Waals surface area (Å²) >= 11 is 5.51. The Hall–Kier alpha value is -1.42. The molecule has 0 unspecified atom stereocenters. The molecule has 2 N–H and O–H groups in total. The summed E-state index contributed by atoms with van der Waals surface area (Å²) in [5.74, 6) is 1.42. The number of amides is 2. The van der Waals surface area contributed by atoms with E-state index in [9.17, 15) is 4.79 Å². The van der Waals surface area contributed by atoms with E-state index >= 15 is 0 Å². The van der Waals surface area contributed by atoms with Crippen molar-refractivity contribution >= 4 is 17.6 Å². The van der Waals surface area contributed by atoms with Crippen molar-refractivity contribution in [1.29, 1.82) is 0 Å². The van der Waals surface area contributed by atoms with E-state index in [1.54, 1.807) is 0 Å². The quantitative estimate of drug-likeness (QED) is 0.570. The van der Waals surface area contributed by atoms with E-state index in [0.29, 0.717) is 25.6 Å². The number of aryl methyl sites for hydroxylation is 1. The first kappa shape index (κ1) is 15.6. The molecule has 0 aromatic heterocycles. The summed E-state index contributed by atoms with van der Waals surface area (Å²) in [5, 5.41) is 5.49. The van der Waals surface area contributed by atoms with Crippen LogP contribution in [0.25, 0.3) is 0 Å². The molecule has 1 rings (SSSR count). The molecule has 0 atom stereocenters. The van der Waals surface area contributed by atoms with Gasteiger partial charge in [-0.25, -0.2) is 4.79 Å². The third-order valence-electron chi connectivity index (χ3n) is 2.49. The van der Waals surface area contributed by atoms with Crippen molar-refractivity contribution in [3.8, 4) is 5.75 Å². The van der Waals surface area contributed by atoms with Crippen molar-refractivity contribution in [1.82, 2.24) is 10.6 Å². The molecule has 106 valence electrons. The molecule has 4 nitrogen and oxygen atoms in total. The van der Waals surface area contributed by atoms with Crippen LogP contribution in [0.3, 0.4) is 0 Å². The molecule has 19 heavy (non-hydrogen) atoms. The van der Waals surface area contributed by atoms with Gasteiger partial charge in [-0.1, -0.05) is 17.7 Å². The van der Waals surface area contributed by atoms with Gasteiger partial charge in [0.15, 0.2) is 0 Å². The first-order chi connectivity index (χ1) is 9.22. The third-order valence-corrected chi connectivity index (χ3v) is 2.76. The second-order valence-corrected chi connectivity index (χ2v) is 4.62. The van der Waals surface area contributed by atoms with Crippen LogP contribution in [0.2, 0.25) is 0 Å². The lowest BCUT2D eigenvalue weighted by Crippen LogP contribution is -2.37. The summed E-state index contributed by atoms with van der Waals surface area (Å²) in [6.07, 6.45) is 1.56. The van der Waals surface area contributed by atoms with Gasteiger partial charge in [0, 0.05) is 19.0 Å². The average molecular weight is 285 g/mol. The van der Waals surface area contributed by atoms with Crippen LogP contribution in [-0.2, 0) is 0 Å². The molecule has 0 bridgehead atoms. The van der Waals surface area contributed by atoms with Crippen LogP contribution < -0.4 is 15.4 Å². The van der Waals surface area contributed by atoms with Gasteiger partial charge in [-0.3, -0.25) is 0 Å². The first-order valence-electron chi connectivity index (χ1n) is 6.49. The molecule has 1 aromatic rings. The van der Waals surface area contributed by atoms with E-state index in [1.165, 1.54) is 5.56 Å². The lowest BCUT2D eigenvalue weighted by atomic mass is 10.2. The SMILES string of the molecule is Cc1ccc(OCCCNC(=O)NCCCCl)cc1. The number of urea groups is 1. The van der Waals surface area contributed by atoms with E-state index in [1.807, 2.05) is 31.2 Å². The van der Waals surface area contributed by atoms with Crippen LogP contribution in [0.1, 0.15) is 18.4 Å². The van der Waals surface area contributed by atoms with E-state index in [0.717, 1.165) is 18.6 Å². The van der Waals surface area contributed by atoms with E-state index in [-0.39, 0.29) is 6.03 Å². The zero-order valence-electron chi connectivity index (χ0n) is 11.2. The molecule has 0 spiro atoms. The molecule has 0 aliphatic heterocycles. The topological polar surface area (TPSA) is 50.4 Å². The minimum Gasteiger partial charge on any atom is -0.494 e. The summed E-state index contributed by atoms with van der Waals surface area (Å²) in [5.41, 5.74) is 1.21. The molecule has 0 radical (unpaired) electrons. The molecule has 2 amide bonds. The van der Waals surface area contributed by atoms with Gasteiger partial charge in [-0.15, -0.1) is 11.6 Å². The predicted octanol–water partition coefficient (Wildman–Crippen LogP) is 2.69. The fourth-order valence-corrected chi connectivity index (χ4v) is 1.56. The fourth-order valence-electron chi connectivity index (χ4n) is 1.43. The van der Waals surface area contributed by atoms with Gasteiger partial charge in [0.2, 0.25) is 0 Å². The van der Waals surface area contributed by atoms with Crippen LogP contribution in [0.5, 0.6) is 5.75 Å². The van der Waals surface area contributed by atoms with Crippen LogP contribution in [-0.4, -0.2) is 31.6 Å². The number of hydrogen-bond donors (Lipinski definition) is 2. The van der Waals surface area contributed by atoms with Crippen LogP contribution >= 0.6 is 11.6 Å². The van der Waals surface area contributed by atoms with Crippen LogP contribution in [0.15, 0.2) is 24.3 Å². The number of alkyl halides is 1. The van der Waals surface area contributed by atoms with Crippen molar-refractivity contribution in [2.75, 3.05) is 25.6 Å². The standard InChI is InChI=1S/C14H21ClN2O2/c1-12-4-6-13(7-5-12)19-11-3-10-17-14(18)16-9-2-8-15/h4-7H,2-3,8-11H2,1H3,(H2,16,17,18). The second kappa shape index (κ2) is 9.50. The Morgan fingerprint density at radius 3 is 2.42 bits per heavy atom. The van der Waals surface area contributed by atoms with Crippen molar-refractivity contribution in [2.24, 2.45) is 0 Å². The highest BCUT2D eigenvalue weighted by molar-refractivity contribution is 6.17. The van der Waals surface area contributed by atoms with Crippen molar-refractivity contribution in [2.45, 2.75) is 19.8 Å². The summed E-state index contributed by atoms with van der Waals surface area (Å²) in [6, 6.07) is 7.76. The molecule has 0 saturated carbocycles. The zero-order valence-corrected chi connectivity index (χ0v) is 12.0. The van der Waals surface area contributed by atoms with Crippen molar-refractivity contribution in [3.05, 3.63) is 29.8 Å². The third kappa shape index (κ3) is 7.57. The molecule has 0 fully saturated rings. The molecular weight excluding hydrogens is 264 g/mol. The van der Waals surface area contributed by atoms with E-state index < -0.39 is 0 Å². The molecule has 5 heteroatoms. The van der Waals surface area contributed by atoms with Gasteiger partial charge in [0.1, 0.15) is 5.75 Å². The number of hydrogen-bond acceptors (Lipinski definition) is 2. The van der Waals surface area contributed by atoms with Crippen LogP contribution in [0, 0.1) is 6.92 Å². The van der Waals surface area contributed by atoms with Gasteiger partial charge in [-0.05, 0) is 31.9 Å². The van der Waals surface area contributed by atoms with Gasteiger partial charge >= 0.3 is 6.03 Å². The Morgan fingerprint density at radius 1 is 1.16 bits per heavy atom. The Bertz CT molecular complexity index is 368. The monoisotopic (exact) mass is 284 g/mol. The number of nitrogens with one attached hydrogen (secondary N) is 2. The first-order valence-corrected chi connectivity index (χ1v) is 7.03. The minimum atomic E-state index is -0.152. The fraction of sp³-hybridized carbons (Fsp3) is 0.500. The molecular formula is C14H21ClN2O2. The summed E-state index contributed by atoms with van der Waals surface area (Å²) in [6.45, 7) is 3.83. The molecule has 0 aliphatic carbocycles. The van der Waals surface area contributed by atoms with Crippen LogP contribution in [0.4, 0.5) is 4.79 Å². The number of carbonyl (C=O) groups excluding carboxylic acids is 1. The predicted molar refractivity (Wildman–Crippen MR) is 78.0 cm³/mol.